The van der Waals surface area contributed by atoms with E-state index in [4.69, 9.17) is 0 Å². The molecule has 0 N–H and O–H groups in total. The predicted molar refractivity (Wildman–Crippen MR) is 38.7 cm³/mol. The minimum Gasteiger partial charge on any atom is -0.235 e. The van der Waals surface area contributed by atoms with Gasteiger partial charge < -0.3 is 0 Å². The van der Waals surface area contributed by atoms with Gasteiger partial charge in [0.25, 0.3) is 0 Å². The summed E-state index contributed by atoms with van der Waals surface area (Å²) in [6, 6.07) is 3.52. The standard InChI is InChI=1S/C6H4N4O/c11-9-10-4-8-5-2-1-3-7-6(5)10/h1-4H. The first kappa shape index (κ1) is 5.96. The van der Waals surface area contributed by atoms with Crippen molar-refractivity contribution in [3.05, 3.63) is 29.6 Å². The molecule has 0 saturated heterocycles. The molecule has 0 aliphatic heterocycles. The summed E-state index contributed by atoms with van der Waals surface area (Å²) in [5.74, 6) is 0. The highest BCUT2D eigenvalue weighted by Gasteiger charge is 2.00. The highest BCUT2D eigenvalue weighted by Crippen LogP contribution is 2.07. The van der Waals surface area contributed by atoms with E-state index in [0.29, 0.717) is 11.2 Å². The van der Waals surface area contributed by atoms with E-state index < -0.39 is 0 Å². The normalized spacial score (nSPS) is 10.2. The smallest absolute Gasteiger partial charge is 0.184 e. The fourth-order valence-electron chi connectivity index (χ4n) is 0.897. The maximum atomic E-state index is 10.1. The van der Waals surface area contributed by atoms with Crippen LogP contribution in [0.15, 0.2) is 29.9 Å². The lowest BCUT2D eigenvalue weighted by Crippen LogP contribution is -1.84. The Morgan fingerprint density at radius 3 is 3.18 bits per heavy atom. The number of hydrogen-bond donors (Lipinski definition) is 0. The Hall–Kier alpha value is -1.78. The monoisotopic (exact) mass is 148 g/mol. The van der Waals surface area contributed by atoms with Gasteiger partial charge in [-0.05, 0) is 12.1 Å². The van der Waals surface area contributed by atoms with Crippen molar-refractivity contribution >= 4 is 11.2 Å². The SMILES string of the molecule is O=Nn1cnc2cccnc21. The summed E-state index contributed by atoms with van der Waals surface area (Å²) in [5, 5.41) is 2.70. The van der Waals surface area contributed by atoms with Crippen LogP contribution in [-0.2, 0) is 0 Å². The predicted octanol–water partition coefficient (Wildman–Crippen LogP) is 0.961. The average molecular weight is 148 g/mol. The maximum absolute atomic E-state index is 10.1. The first-order valence-corrected chi connectivity index (χ1v) is 3.03. The van der Waals surface area contributed by atoms with Crippen LogP contribution in [0.4, 0.5) is 0 Å². The number of fused-ring (bicyclic) bond motifs is 1. The zero-order chi connectivity index (χ0) is 7.68. The summed E-state index contributed by atoms with van der Waals surface area (Å²) < 4.78 is 1.09. The van der Waals surface area contributed by atoms with Gasteiger partial charge in [-0.2, -0.15) is 4.68 Å². The van der Waals surface area contributed by atoms with Crippen molar-refractivity contribution in [3.8, 4) is 0 Å². The van der Waals surface area contributed by atoms with Gasteiger partial charge in [0.1, 0.15) is 11.8 Å². The van der Waals surface area contributed by atoms with Crippen LogP contribution in [0.2, 0.25) is 0 Å². The number of aromatic nitrogens is 3. The highest BCUT2D eigenvalue weighted by molar-refractivity contribution is 5.69. The van der Waals surface area contributed by atoms with Crippen molar-refractivity contribution < 1.29 is 0 Å². The molecule has 0 saturated carbocycles. The molecule has 0 fully saturated rings. The van der Waals surface area contributed by atoms with E-state index >= 15 is 0 Å². The van der Waals surface area contributed by atoms with Gasteiger partial charge in [0.15, 0.2) is 5.65 Å². The summed E-state index contributed by atoms with van der Waals surface area (Å²) in [4.78, 5) is 17.9. The van der Waals surface area contributed by atoms with Gasteiger partial charge in [0, 0.05) is 6.20 Å². The Bertz CT molecular complexity index is 394. The summed E-state index contributed by atoms with van der Waals surface area (Å²) in [7, 11) is 0. The van der Waals surface area contributed by atoms with E-state index in [1.54, 1.807) is 18.3 Å². The molecule has 2 heterocycles. The largest absolute Gasteiger partial charge is 0.235 e. The topological polar surface area (TPSA) is 60.1 Å². The van der Waals surface area contributed by atoms with E-state index in [-0.39, 0.29) is 0 Å². The molecule has 54 valence electrons. The fraction of sp³-hybridized carbons (Fsp3) is 0. The third kappa shape index (κ3) is 0.778. The number of hydrogen-bond acceptors (Lipinski definition) is 4. The number of rotatable bonds is 1. The van der Waals surface area contributed by atoms with Gasteiger partial charge in [0.2, 0.25) is 0 Å². The van der Waals surface area contributed by atoms with Crippen LogP contribution in [0, 0.1) is 4.91 Å². The van der Waals surface area contributed by atoms with Gasteiger partial charge in [0.05, 0.1) is 5.29 Å². The molecular weight excluding hydrogens is 144 g/mol. The van der Waals surface area contributed by atoms with Crippen molar-refractivity contribution in [2.45, 2.75) is 0 Å². The van der Waals surface area contributed by atoms with Gasteiger partial charge in [-0.15, -0.1) is 4.91 Å². The Balaban J connectivity index is 2.86. The molecule has 2 aromatic heterocycles. The van der Waals surface area contributed by atoms with Crippen LogP contribution in [0.3, 0.4) is 0 Å². The molecule has 0 spiro atoms. The molecule has 5 nitrogen and oxygen atoms in total. The molecule has 0 aliphatic carbocycles. The number of pyridine rings is 1. The van der Waals surface area contributed by atoms with Crippen LogP contribution >= 0.6 is 0 Å². The molecule has 0 unspecified atom stereocenters. The zero-order valence-electron chi connectivity index (χ0n) is 5.51. The van der Waals surface area contributed by atoms with Crippen LogP contribution in [0.1, 0.15) is 0 Å². The average Bonchev–Trinajstić information content (AvgIpc) is 2.47. The molecule has 0 bridgehead atoms. The van der Waals surface area contributed by atoms with Crippen molar-refractivity contribution in [1.29, 1.82) is 0 Å². The first-order chi connectivity index (χ1) is 5.42. The Morgan fingerprint density at radius 2 is 2.36 bits per heavy atom. The molecule has 2 rings (SSSR count). The lowest BCUT2D eigenvalue weighted by atomic mass is 10.4. The second kappa shape index (κ2) is 2.12. The van der Waals surface area contributed by atoms with Gasteiger partial charge >= 0.3 is 0 Å². The van der Waals surface area contributed by atoms with Crippen LogP contribution in [-0.4, -0.2) is 14.6 Å². The van der Waals surface area contributed by atoms with Crippen molar-refractivity contribution in [3.63, 3.8) is 0 Å². The minimum absolute atomic E-state index is 0.488. The van der Waals surface area contributed by atoms with Gasteiger partial charge in [-0.3, -0.25) is 0 Å². The van der Waals surface area contributed by atoms with E-state index in [9.17, 15) is 4.91 Å². The van der Waals surface area contributed by atoms with Crippen LogP contribution < -0.4 is 0 Å². The van der Waals surface area contributed by atoms with Crippen molar-refractivity contribution in [1.82, 2.24) is 14.6 Å². The third-order valence-corrected chi connectivity index (χ3v) is 1.38. The summed E-state index contributed by atoms with van der Waals surface area (Å²) >= 11 is 0. The molecular formula is C6H4N4O. The number of nitroso groups, excluding NO2 is 1. The summed E-state index contributed by atoms with van der Waals surface area (Å²) in [5.41, 5.74) is 1.16. The Morgan fingerprint density at radius 1 is 1.45 bits per heavy atom. The molecule has 0 aromatic carbocycles. The Labute approximate surface area is 61.6 Å². The number of imidazole rings is 1. The summed E-state index contributed by atoms with van der Waals surface area (Å²) in [6.45, 7) is 0. The second-order valence-corrected chi connectivity index (χ2v) is 2.02. The minimum atomic E-state index is 0.488. The maximum Gasteiger partial charge on any atom is 0.184 e. The molecule has 5 heteroatoms. The van der Waals surface area contributed by atoms with Crippen molar-refractivity contribution in [2.24, 2.45) is 5.29 Å². The van der Waals surface area contributed by atoms with E-state index in [1.165, 1.54) is 6.33 Å². The third-order valence-electron chi connectivity index (χ3n) is 1.38. The van der Waals surface area contributed by atoms with Crippen molar-refractivity contribution in [2.75, 3.05) is 0 Å². The molecule has 0 atom stereocenters. The first-order valence-electron chi connectivity index (χ1n) is 3.03. The van der Waals surface area contributed by atoms with Gasteiger partial charge in [-0.1, -0.05) is 0 Å². The van der Waals surface area contributed by atoms with E-state index in [0.717, 1.165) is 4.68 Å². The Kier molecular flexibility index (Phi) is 1.15. The number of nitrogens with zero attached hydrogens (tertiary/aromatic N) is 4. The molecule has 0 amide bonds. The summed E-state index contributed by atoms with van der Waals surface area (Å²) in [6.07, 6.45) is 2.93. The lowest BCUT2D eigenvalue weighted by Gasteiger charge is -1.86. The fourth-order valence-corrected chi connectivity index (χ4v) is 0.897. The lowest BCUT2D eigenvalue weighted by molar-refractivity contribution is 0.882. The van der Waals surface area contributed by atoms with Crippen LogP contribution in [0.5, 0.6) is 0 Å². The quantitative estimate of drug-likeness (QED) is 0.566. The molecule has 2 aromatic rings. The van der Waals surface area contributed by atoms with Gasteiger partial charge in [-0.25, -0.2) is 9.97 Å². The van der Waals surface area contributed by atoms with E-state index in [2.05, 4.69) is 15.3 Å². The van der Waals surface area contributed by atoms with Crippen LogP contribution in [0.25, 0.3) is 11.2 Å². The molecule has 0 radical (unpaired) electrons. The molecule has 0 aliphatic rings. The highest BCUT2D eigenvalue weighted by atomic mass is 16.3. The molecule has 11 heavy (non-hydrogen) atoms. The van der Waals surface area contributed by atoms with E-state index in [1.807, 2.05) is 0 Å². The second-order valence-electron chi connectivity index (χ2n) is 2.02. The zero-order valence-corrected chi connectivity index (χ0v) is 5.51.